The molecule has 106 valence electrons. The molecule has 0 aliphatic carbocycles. The Hall–Kier alpha value is -0.0800. The number of nitrogens with zero attached hydrogens (tertiary/aromatic N) is 1. The monoisotopic (exact) mass is 236 g/mol. The zero-order valence-electron chi connectivity index (χ0n) is 12.4. The largest absolute Gasteiger partial charge is 0.344 e. The molecule has 0 spiro atoms. The molecule has 0 radical (unpaired) electrons. The van der Waals surface area contributed by atoms with Gasteiger partial charge in [0.05, 0.1) is 0 Å². The van der Waals surface area contributed by atoms with E-state index in [-0.39, 0.29) is 13.6 Å². The molecule has 3 N–H and O–H groups in total. The first-order valence-corrected chi connectivity index (χ1v) is 6.49. The molecular formula is C14H40N2. The lowest BCUT2D eigenvalue weighted by atomic mass is 10.1. The highest BCUT2D eigenvalue weighted by atomic mass is 15.1. The molecule has 2 heteroatoms. The molecule has 0 bridgehead atoms. The first-order chi connectivity index (χ1) is 6.81. The van der Waals surface area contributed by atoms with E-state index in [0.717, 1.165) is 0 Å². The van der Waals surface area contributed by atoms with E-state index in [9.17, 15) is 0 Å². The summed E-state index contributed by atoms with van der Waals surface area (Å²) in [5.74, 6) is 0. The van der Waals surface area contributed by atoms with Crippen molar-refractivity contribution >= 4 is 0 Å². The highest BCUT2D eigenvalue weighted by Crippen LogP contribution is 2.04. The molecule has 0 atom stereocenters. The molecule has 1 saturated heterocycles. The molecule has 2 nitrogen and oxygen atoms in total. The van der Waals surface area contributed by atoms with Crippen molar-refractivity contribution in [1.29, 1.82) is 0 Å². The van der Waals surface area contributed by atoms with Crippen molar-refractivity contribution in [3.8, 4) is 0 Å². The lowest BCUT2D eigenvalue weighted by molar-refractivity contribution is 0.277. The predicted molar refractivity (Wildman–Crippen MR) is 81.8 cm³/mol. The average molecular weight is 236 g/mol. The minimum absolute atomic E-state index is 0. The maximum atomic E-state index is 2.39. The Morgan fingerprint density at radius 3 is 1.19 bits per heavy atom. The fourth-order valence-corrected chi connectivity index (χ4v) is 1.05. The van der Waals surface area contributed by atoms with Crippen LogP contribution >= 0.6 is 0 Å². The Kier molecular flexibility index (Phi) is 67.5. The molecule has 0 aromatic heterocycles. The zero-order valence-corrected chi connectivity index (χ0v) is 12.4. The van der Waals surface area contributed by atoms with E-state index >= 15 is 0 Å². The predicted octanol–water partition coefficient (Wildman–Crippen LogP) is 5.37. The molecule has 0 aromatic carbocycles. The second-order valence-corrected chi connectivity index (χ2v) is 3.07. The van der Waals surface area contributed by atoms with Crippen molar-refractivity contribution in [2.45, 2.75) is 74.7 Å². The summed E-state index contributed by atoms with van der Waals surface area (Å²) in [5, 5.41) is 0. The summed E-state index contributed by atoms with van der Waals surface area (Å²) in [4.78, 5) is 2.39. The third-order valence-corrected chi connectivity index (χ3v) is 1.58. The van der Waals surface area contributed by atoms with Gasteiger partial charge >= 0.3 is 0 Å². The van der Waals surface area contributed by atoms with Crippen LogP contribution in [0, 0.1) is 0 Å². The van der Waals surface area contributed by atoms with Crippen LogP contribution in [0.25, 0.3) is 0 Å². The van der Waals surface area contributed by atoms with Gasteiger partial charge in [-0.05, 0) is 33.0 Å². The Morgan fingerprint density at radius 2 is 1.06 bits per heavy atom. The highest BCUT2D eigenvalue weighted by molar-refractivity contribution is 4.58. The third-order valence-electron chi connectivity index (χ3n) is 1.58. The maximum absolute atomic E-state index is 2.39. The standard InChI is InChI=1S/C6H13N.C3H8.2C2H6.CH4.H3N/c1-7-5-3-2-4-6-7;1-3-2;2*1-2;;/h2-6H2,1H3;3H2,1-2H3;2*1-2H3;1H4;1H3. The maximum Gasteiger partial charge on any atom is -0.00218 e. The van der Waals surface area contributed by atoms with Gasteiger partial charge in [-0.15, -0.1) is 0 Å². The lowest BCUT2D eigenvalue weighted by Crippen LogP contribution is -2.24. The van der Waals surface area contributed by atoms with Crippen LogP contribution in [-0.4, -0.2) is 25.0 Å². The van der Waals surface area contributed by atoms with E-state index in [1.54, 1.807) is 0 Å². The van der Waals surface area contributed by atoms with Crippen molar-refractivity contribution < 1.29 is 0 Å². The van der Waals surface area contributed by atoms with Gasteiger partial charge in [0.15, 0.2) is 0 Å². The van der Waals surface area contributed by atoms with E-state index in [0.29, 0.717) is 0 Å². The van der Waals surface area contributed by atoms with Gasteiger partial charge in [-0.3, -0.25) is 0 Å². The fourth-order valence-electron chi connectivity index (χ4n) is 1.05. The summed E-state index contributed by atoms with van der Waals surface area (Å²) in [7, 11) is 2.19. The van der Waals surface area contributed by atoms with E-state index in [1.807, 2.05) is 27.7 Å². The first kappa shape index (κ1) is 29.7. The molecule has 1 heterocycles. The van der Waals surface area contributed by atoms with Gasteiger partial charge in [0.1, 0.15) is 0 Å². The molecule has 0 saturated carbocycles. The van der Waals surface area contributed by atoms with E-state index in [4.69, 9.17) is 0 Å². The SMILES string of the molecule is C.CC.CC.CCC.CN1CCCCC1.N. The molecule has 1 aliphatic rings. The Bertz CT molecular complexity index is 59.8. The molecule has 16 heavy (non-hydrogen) atoms. The molecule has 1 rings (SSSR count). The van der Waals surface area contributed by atoms with Crippen LogP contribution in [0.2, 0.25) is 0 Å². The van der Waals surface area contributed by atoms with Crippen LogP contribution in [0.4, 0.5) is 0 Å². The topological polar surface area (TPSA) is 38.2 Å². The summed E-state index contributed by atoms with van der Waals surface area (Å²) in [6, 6.07) is 0. The van der Waals surface area contributed by atoms with Gasteiger partial charge in [0.2, 0.25) is 0 Å². The fraction of sp³-hybridized carbons (Fsp3) is 1.00. The van der Waals surface area contributed by atoms with Crippen LogP contribution in [0.5, 0.6) is 0 Å². The number of likely N-dealkylation sites (tertiary alicyclic amines) is 1. The van der Waals surface area contributed by atoms with Gasteiger partial charge < -0.3 is 11.1 Å². The van der Waals surface area contributed by atoms with Gasteiger partial charge in [0, 0.05) is 0 Å². The summed E-state index contributed by atoms with van der Waals surface area (Å²) in [5.41, 5.74) is 0. The molecule has 0 unspecified atom stereocenters. The Morgan fingerprint density at radius 1 is 0.812 bits per heavy atom. The van der Waals surface area contributed by atoms with Crippen molar-refractivity contribution in [2.24, 2.45) is 0 Å². The van der Waals surface area contributed by atoms with Gasteiger partial charge in [0.25, 0.3) is 0 Å². The minimum atomic E-state index is 0. The van der Waals surface area contributed by atoms with Crippen LogP contribution in [0.1, 0.15) is 74.7 Å². The van der Waals surface area contributed by atoms with Gasteiger partial charge in [-0.2, -0.15) is 0 Å². The van der Waals surface area contributed by atoms with Crippen molar-refractivity contribution in [1.82, 2.24) is 11.1 Å². The van der Waals surface area contributed by atoms with Crippen molar-refractivity contribution in [3.05, 3.63) is 0 Å². The van der Waals surface area contributed by atoms with Crippen LogP contribution < -0.4 is 6.15 Å². The molecule has 0 aromatic rings. The quantitative estimate of drug-likeness (QED) is 0.614. The van der Waals surface area contributed by atoms with E-state index in [1.165, 1.54) is 38.8 Å². The summed E-state index contributed by atoms with van der Waals surface area (Å²) in [6.07, 6.45) is 5.53. The second kappa shape index (κ2) is 36.3. The molecule has 1 fully saturated rings. The smallest absolute Gasteiger partial charge is 0.00218 e. The minimum Gasteiger partial charge on any atom is -0.344 e. The van der Waals surface area contributed by atoms with Crippen molar-refractivity contribution in [2.75, 3.05) is 20.1 Å². The van der Waals surface area contributed by atoms with Crippen molar-refractivity contribution in [3.63, 3.8) is 0 Å². The number of hydrogen-bond donors (Lipinski definition) is 1. The van der Waals surface area contributed by atoms with Crippen LogP contribution in [-0.2, 0) is 0 Å². The second-order valence-electron chi connectivity index (χ2n) is 3.07. The third kappa shape index (κ3) is 37.0. The normalized spacial score (nSPS) is 12.9. The van der Waals surface area contributed by atoms with E-state index in [2.05, 4.69) is 25.8 Å². The summed E-state index contributed by atoms with van der Waals surface area (Å²) >= 11 is 0. The lowest BCUT2D eigenvalue weighted by Gasteiger charge is -2.20. The highest BCUT2D eigenvalue weighted by Gasteiger charge is 2.02. The van der Waals surface area contributed by atoms with E-state index < -0.39 is 0 Å². The Balaban J connectivity index is -0.0000000394. The summed E-state index contributed by atoms with van der Waals surface area (Å²) < 4.78 is 0. The zero-order chi connectivity index (χ0) is 11.8. The molecular weight excluding hydrogens is 196 g/mol. The van der Waals surface area contributed by atoms with Gasteiger partial charge in [-0.25, -0.2) is 0 Å². The van der Waals surface area contributed by atoms with Crippen LogP contribution in [0.15, 0.2) is 0 Å². The first-order valence-electron chi connectivity index (χ1n) is 6.49. The summed E-state index contributed by atoms with van der Waals surface area (Å²) in [6.45, 7) is 14.9. The average Bonchev–Trinajstić information content (AvgIpc) is 2.26. The molecule has 1 aliphatic heterocycles. The number of piperidine rings is 1. The number of rotatable bonds is 0. The van der Waals surface area contributed by atoms with Gasteiger partial charge in [-0.1, -0.05) is 61.8 Å². The number of hydrogen-bond acceptors (Lipinski definition) is 2. The molecule has 0 amide bonds. The van der Waals surface area contributed by atoms with Crippen LogP contribution in [0.3, 0.4) is 0 Å². The Labute approximate surface area is 106 Å².